The number of rotatable bonds is 8. The summed E-state index contributed by atoms with van der Waals surface area (Å²) < 4.78 is 14.6. The molecule has 3 rings (SSSR count). The lowest BCUT2D eigenvalue weighted by atomic mass is 10.2. The van der Waals surface area contributed by atoms with Gasteiger partial charge in [-0.3, -0.25) is 9.59 Å². The molecule has 2 N–H and O–H groups in total. The Morgan fingerprint density at radius 2 is 1.76 bits per heavy atom. The Kier molecular flexibility index (Phi) is 6.97. The highest BCUT2D eigenvalue weighted by atomic mass is 35.5. The zero-order valence-corrected chi connectivity index (χ0v) is 16.3. The molecular formula is C21H20ClFN4O2. The molecule has 1 heterocycles. The Balaban J connectivity index is 1.36. The predicted octanol–water partition coefficient (Wildman–Crippen LogP) is 3.49. The maximum Gasteiger partial charge on any atom is 0.251 e. The van der Waals surface area contributed by atoms with Gasteiger partial charge in [0.1, 0.15) is 5.82 Å². The number of halogens is 2. The van der Waals surface area contributed by atoms with Gasteiger partial charge in [0.2, 0.25) is 5.91 Å². The maximum atomic E-state index is 12.9. The van der Waals surface area contributed by atoms with Gasteiger partial charge in [0.25, 0.3) is 5.91 Å². The van der Waals surface area contributed by atoms with E-state index in [1.54, 1.807) is 23.0 Å². The number of nitrogens with zero attached hydrogens (tertiary/aromatic N) is 2. The molecule has 0 radical (unpaired) electrons. The lowest BCUT2D eigenvalue weighted by Gasteiger charge is -2.06. The Hall–Kier alpha value is -3.19. The number of benzene rings is 2. The van der Waals surface area contributed by atoms with Gasteiger partial charge in [-0.15, -0.1) is 0 Å². The number of carbonyl (C=O) groups is 2. The van der Waals surface area contributed by atoms with Gasteiger partial charge in [0.05, 0.1) is 11.9 Å². The standard InChI is InChI=1S/C21H20ClFN4O2/c22-17-5-9-19(10-6-17)27-14-15(13-26-27)12-25-20(28)2-1-11-24-21(29)16-3-7-18(23)8-4-16/h3-10,13-14H,1-2,11-12H2,(H,24,29)(H,25,28). The van der Waals surface area contributed by atoms with Crippen LogP contribution in [0.4, 0.5) is 4.39 Å². The fourth-order valence-electron chi connectivity index (χ4n) is 2.63. The molecule has 0 unspecified atom stereocenters. The van der Waals surface area contributed by atoms with Crippen LogP contribution in [-0.4, -0.2) is 28.1 Å². The van der Waals surface area contributed by atoms with Gasteiger partial charge >= 0.3 is 0 Å². The molecule has 2 amide bonds. The Morgan fingerprint density at radius 3 is 2.48 bits per heavy atom. The summed E-state index contributed by atoms with van der Waals surface area (Å²) >= 11 is 5.88. The van der Waals surface area contributed by atoms with Crippen LogP contribution in [0.25, 0.3) is 5.69 Å². The molecular weight excluding hydrogens is 395 g/mol. The van der Waals surface area contributed by atoms with E-state index in [0.717, 1.165) is 11.3 Å². The molecule has 2 aromatic carbocycles. The van der Waals surface area contributed by atoms with Crippen molar-refractivity contribution in [3.05, 3.63) is 82.9 Å². The van der Waals surface area contributed by atoms with E-state index in [1.165, 1.54) is 24.3 Å². The van der Waals surface area contributed by atoms with Crippen molar-refractivity contribution in [2.24, 2.45) is 0 Å². The average Bonchev–Trinajstić information content (AvgIpc) is 3.19. The first-order valence-electron chi connectivity index (χ1n) is 9.11. The molecule has 6 nitrogen and oxygen atoms in total. The van der Waals surface area contributed by atoms with Crippen LogP contribution in [0.15, 0.2) is 60.9 Å². The molecule has 29 heavy (non-hydrogen) atoms. The lowest BCUT2D eigenvalue weighted by Crippen LogP contribution is -2.27. The molecule has 0 bridgehead atoms. The van der Waals surface area contributed by atoms with Gasteiger partial charge in [-0.1, -0.05) is 11.6 Å². The second-order valence-corrected chi connectivity index (χ2v) is 6.85. The first-order valence-corrected chi connectivity index (χ1v) is 9.49. The quantitative estimate of drug-likeness (QED) is 0.554. The highest BCUT2D eigenvalue weighted by Crippen LogP contribution is 2.13. The van der Waals surface area contributed by atoms with Crippen molar-refractivity contribution in [3.63, 3.8) is 0 Å². The van der Waals surface area contributed by atoms with Crippen LogP contribution in [0.1, 0.15) is 28.8 Å². The van der Waals surface area contributed by atoms with Crippen LogP contribution in [-0.2, 0) is 11.3 Å². The second-order valence-electron chi connectivity index (χ2n) is 6.41. The van der Waals surface area contributed by atoms with Crippen LogP contribution >= 0.6 is 11.6 Å². The summed E-state index contributed by atoms with van der Waals surface area (Å²) in [6, 6.07) is 12.6. The van der Waals surface area contributed by atoms with E-state index in [9.17, 15) is 14.0 Å². The lowest BCUT2D eigenvalue weighted by molar-refractivity contribution is -0.121. The summed E-state index contributed by atoms with van der Waals surface area (Å²) in [6.07, 6.45) is 4.32. The number of hydrogen-bond acceptors (Lipinski definition) is 3. The fraction of sp³-hybridized carbons (Fsp3) is 0.190. The van der Waals surface area contributed by atoms with Crippen LogP contribution in [0.2, 0.25) is 5.02 Å². The van der Waals surface area contributed by atoms with Crippen molar-refractivity contribution < 1.29 is 14.0 Å². The van der Waals surface area contributed by atoms with E-state index in [4.69, 9.17) is 11.6 Å². The van der Waals surface area contributed by atoms with Gasteiger partial charge in [0, 0.05) is 41.9 Å². The molecule has 1 aromatic heterocycles. The summed E-state index contributed by atoms with van der Waals surface area (Å²) in [5.41, 5.74) is 2.13. The third-order valence-electron chi connectivity index (χ3n) is 4.19. The van der Waals surface area contributed by atoms with Crippen molar-refractivity contribution >= 4 is 23.4 Å². The van der Waals surface area contributed by atoms with Crippen LogP contribution in [0.3, 0.4) is 0 Å². The van der Waals surface area contributed by atoms with Crippen LogP contribution in [0.5, 0.6) is 0 Å². The molecule has 0 atom stereocenters. The minimum Gasteiger partial charge on any atom is -0.352 e. The van der Waals surface area contributed by atoms with Gasteiger partial charge in [-0.2, -0.15) is 5.10 Å². The average molecular weight is 415 g/mol. The highest BCUT2D eigenvalue weighted by Gasteiger charge is 2.07. The minimum absolute atomic E-state index is 0.111. The molecule has 0 spiro atoms. The number of nitrogens with one attached hydrogen (secondary N) is 2. The molecule has 0 saturated heterocycles. The maximum absolute atomic E-state index is 12.9. The number of aromatic nitrogens is 2. The van der Waals surface area contributed by atoms with E-state index >= 15 is 0 Å². The SMILES string of the molecule is O=C(CCCNC(=O)c1ccc(F)cc1)NCc1cnn(-c2ccc(Cl)cc2)c1. The van der Waals surface area contributed by atoms with Crippen molar-refractivity contribution in [2.45, 2.75) is 19.4 Å². The Labute approximate surface area is 172 Å². The van der Waals surface area contributed by atoms with E-state index < -0.39 is 5.82 Å². The number of amides is 2. The monoisotopic (exact) mass is 414 g/mol. The van der Waals surface area contributed by atoms with Gasteiger partial charge in [-0.05, 0) is 55.0 Å². The third-order valence-corrected chi connectivity index (χ3v) is 4.44. The predicted molar refractivity (Wildman–Crippen MR) is 108 cm³/mol. The normalized spacial score (nSPS) is 10.6. The van der Waals surface area contributed by atoms with Gasteiger partial charge in [0.15, 0.2) is 0 Å². The van der Waals surface area contributed by atoms with Crippen LogP contribution < -0.4 is 10.6 Å². The minimum atomic E-state index is -0.392. The summed E-state index contributed by atoms with van der Waals surface area (Å²) in [5, 5.41) is 10.5. The molecule has 8 heteroatoms. The molecule has 0 aliphatic heterocycles. The zero-order valence-electron chi connectivity index (χ0n) is 15.6. The zero-order chi connectivity index (χ0) is 20.6. The highest BCUT2D eigenvalue weighted by molar-refractivity contribution is 6.30. The summed E-state index contributed by atoms with van der Waals surface area (Å²) in [6.45, 7) is 0.729. The Bertz CT molecular complexity index is 971. The van der Waals surface area contributed by atoms with Crippen molar-refractivity contribution in [1.29, 1.82) is 0 Å². The van der Waals surface area contributed by atoms with Gasteiger partial charge in [-0.25, -0.2) is 9.07 Å². The Morgan fingerprint density at radius 1 is 1.03 bits per heavy atom. The third kappa shape index (κ3) is 6.15. The number of carbonyl (C=O) groups excluding carboxylic acids is 2. The first kappa shape index (κ1) is 20.5. The topological polar surface area (TPSA) is 76.0 Å². The van der Waals surface area contributed by atoms with Crippen molar-refractivity contribution in [2.75, 3.05) is 6.54 Å². The van der Waals surface area contributed by atoms with E-state index in [2.05, 4.69) is 15.7 Å². The van der Waals surface area contributed by atoms with Gasteiger partial charge < -0.3 is 10.6 Å². The van der Waals surface area contributed by atoms with E-state index in [-0.39, 0.29) is 18.2 Å². The molecule has 3 aromatic rings. The molecule has 0 aliphatic rings. The van der Waals surface area contributed by atoms with Crippen LogP contribution in [0, 0.1) is 5.82 Å². The van der Waals surface area contributed by atoms with Crippen molar-refractivity contribution in [1.82, 2.24) is 20.4 Å². The molecule has 0 fully saturated rings. The first-order chi connectivity index (χ1) is 14.0. The smallest absolute Gasteiger partial charge is 0.251 e. The molecule has 0 aliphatic carbocycles. The van der Waals surface area contributed by atoms with Crippen molar-refractivity contribution in [3.8, 4) is 5.69 Å². The summed E-state index contributed by atoms with van der Waals surface area (Å²) in [5.74, 6) is -0.794. The largest absolute Gasteiger partial charge is 0.352 e. The fourth-order valence-corrected chi connectivity index (χ4v) is 2.76. The van der Waals surface area contributed by atoms with E-state index in [1.807, 2.05) is 18.3 Å². The van der Waals surface area contributed by atoms with E-state index in [0.29, 0.717) is 30.1 Å². The summed E-state index contributed by atoms with van der Waals surface area (Å²) in [7, 11) is 0. The summed E-state index contributed by atoms with van der Waals surface area (Å²) in [4.78, 5) is 23.9. The molecule has 0 saturated carbocycles. The second kappa shape index (κ2) is 9.84. The number of hydrogen-bond donors (Lipinski definition) is 2. The molecule has 150 valence electrons.